The van der Waals surface area contributed by atoms with Crippen molar-refractivity contribution in [3.8, 4) is 5.75 Å². The summed E-state index contributed by atoms with van der Waals surface area (Å²) in [4.78, 5) is 13.9. The lowest BCUT2D eigenvalue weighted by Gasteiger charge is -2.01. The highest BCUT2D eigenvalue weighted by Gasteiger charge is 2.02. The van der Waals surface area contributed by atoms with Gasteiger partial charge in [-0.25, -0.2) is 0 Å². The third kappa shape index (κ3) is 4.01. The summed E-state index contributed by atoms with van der Waals surface area (Å²) in [6, 6.07) is 7.27. The van der Waals surface area contributed by atoms with Gasteiger partial charge in [-0.05, 0) is 36.2 Å². The minimum atomic E-state index is -0.104. The van der Waals surface area contributed by atoms with Gasteiger partial charge in [0.15, 0.2) is 5.78 Å². The van der Waals surface area contributed by atoms with Crippen molar-refractivity contribution in [3.63, 3.8) is 0 Å². The van der Waals surface area contributed by atoms with Crippen LogP contribution in [-0.2, 0) is 4.79 Å². The maximum absolute atomic E-state index is 11.3. The Hall–Kier alpha value is -2.26. The number of benzene rings is 1. The van der Waals surface area contributed by atoms with Crippen molar-refractivity contribution in [1.29, 1.82) is 0 Å². The highest BCUT2D eigenvalue weighted by Crippen LogP contribution is 2.14. The Morgan fingerprint density at radius 1 is 1.47 bits per heavy atom. The normalized spacial score (nSPS) is 10.6. The molecule has 0 aliphatic carbocycles. The molecule has 0 heterocycles. The van der Waals surface area contributed by atoms with Crippen LogP contribution in [0.5, 0.6) is 5.75 Å². The zero-order chi connectivity index (χ0) is 12.7. The van der Waals surface area contributed by atoms with Crippen molar-refractivity contribution >= 4 is 11.9 Å². The van der Waals surface area contributed by atoms with Gasteiger partial charge in [-0.3, -0.25) is 4.79 Å². The molecule has 0 spiro atoms. The summed E-state index contributed by atoms with van der Waals surface area (Å²) >= 11 is 0. The van der Waals surface area contributed by atoms with E-state index in [-0.39, 0.29) is 12.3 Å². The number of nitrogens with zero attached hydrogens (tertiary/aromatic N) is 3. The molecule has 1 aromatic carbocycles. The average molecular weight is 231 g/mol. The third-order valence-corrected chi connectivity index (χ3v) is 2.21. The fraction of sp³-hybridized carbons (Fsp3) is 0.250. The fourth-order valence-corrected chi connectivity index (χ4v) is 1.27. The molecule has 88 valence electrons. The molecule has 1 rings (SSSR count). The summed E-state index contributed by atoms with van der Waals surface area (Å²) in [5.74, 6) is 0.648. The van der Waals surface area contributed by atoms with E-state index >= 15 is 0 Å². The monoisotopic (exact) mass is 231 g/mol. The Morgan fingerprint density at radius 2 is 2.12 bits per heavy atom. The van der Waals surface area contributed by atoms with Crippen LogP contribution < -0.4 is 4.74 Å². The number of hydrogen-bond acceptors (Lipinski definition) is 3. The van der Waals surface area contributed by atoms with Gasteiger partial charge in [-0.1, -0.05) is 17.2 Å². The third-order valence-electron chi connectivity index (χ3n) is 2.21. The molecule has 0 atom stereocenters. The van der Waals surface area contributed by atoms with E-state index in [0.29, 0.717) is 5.57 Å². The summed E-state index contributed by atoms with van der Waals surface area (Å²) in [5, 5.41) is 3.39. The number of azide groups is 1. The van der Waals surface area contributed by atoms with Gasteiger partial charge in [0.1, 0.15) is 5.75 Å². The predicted octanol–water partition coefficient (Wildman–Crippen LogP) is 2.98. The summed E-state index contributed by atoms with van der Waals surface area (Å²) in [5.41, 5.74) is 9.58. The molecule has 0 saturated carbocycles. The second kappa shape index (κ2) is 6.35. The van der Waals surface area contributed by atoms with Crippen LogP contribution in [-0.4, -0.2) is 19.4 Å². The lowest BCUT2D eigenvalue weighted by molar-refractivity contribution is -0.113. The molecule has 0 amide bonds. The van der Waals surface area contributed by atoms with Gasteiger partial charge in [-0.15, -0.1) is 0 Å². The molecule has 0 aliphatic heterocycles. The lowest BCUT2D eigenvalue weighted by Crippen LogP contribution is -1.99. The van der Waals surface area contributed by atoms with E-state index < -0.39 is 0 Å². The Morgan fingerprint density at radius 3 is 2.59 bits per heavy atom. The minimum absolute atomic E-state index is 0.0673. The maximum atomic E-state index is 11.3. The van der Waals surface area contributed by atoms with Crippen LogP contribution in [0.3, 0.4) is 0 Å². The SMILES string of the molecule is COc1ccc(/C=C(\CN=[N+]=[N-])C(C)=O)cc1. The molecule has 0 fully saturated rings. The number of ether oxygens (including phenoxy) is 1. The second-order valence-electron chi connectivity index (χ2n) is 3.39. The quantitative estimate of drug-likeness (QED) is 0.338. The first-order valence-electron chi connectivity index (χ1n) is 5.03. The molecule has 0 N–H and O–H groups in total. The molecule has 17 heavy (non-hydrogen) atoms. The van der Waals surface area contributed by atoms with Crippen molar-refractivity contribution in [1.82, 2.24) is 0 Å². The van der Waals surface area contributed by atoms with E-state index in [1.54, 1.807) is 25.3 Å². The second-order valence-corrected chi connectivity index (χ2v) is 3.39. The number of Topliss-reactive ketones (excluding diaryl/α,β-unsaturated/α-hetero) is 1. The summed E-state index contributed by atoms with van der Waals surface area (Å²) in [6.45, 7) is 1.51. The standard InChI is InChI=1S/C12H13N3O2/c1-9(16)11(8-14-15-13)7-10-3-5-12(17-2)6-4-10/h3-7H,8H2,1-2H3/b11-7+. The predicted molar refractivity (Wildman–Crippen MR) is 65.7 cm³/mol. The average Bonchev–Trinajstić information content (AvgIpc) is 2.35. The van der Waals surface area contributed by atoms with E-state index in [1.165, 1.54) is 6.92 Å². The van der Waals surface area contributed by atoms with Gasteiger partial charge < -0.3 is 4.74 Å². The molecular formula is C12H13N3O2. The zero-order valence-corrected chi connectivity index (χ0v) is 9.75. The van der Waals surface area contributed by atoms with Crippen LogP contribution in [0.25, 0.3) is 16.5 Å². The van der Waals surface area contributed by atoms with Crippen molar-refractivity contribution in [3.05, 3.63) is 45.8 Å². The van der Waals surface area contributed by atoms with Crippen molar-refractivity contribution in [2.24, 2.45) is 5.11 Å². The zero-order valence-electron chi connectivity index (χ0n) is 9.75. The van der Waals surface area contributed by atoms with Crippen LogP contribution in [0.15, 0.2) is 35.0 Å². The summed E-state index contributed by atoms with van der Waals surface area (Å²) in [7, 11) is 1.59. The number of carbonyl (C=O) groups excluding carboxylic acids is 1. The summed E-state index contributed by atoms with van der Waals surface area (Å²) in [6.07, 6.45) is 1.70. The first kappa shape index (κ1) is 12.8. The molecule has 1 aromatic rings. The Balaban J connectivity index is 2.95. The highest BCUT2D eigenvalue weighted by molar-refractivity contribution is 5.98. The number of carbonyl (C=O) groups is 1. The molecule has 0 radical (unpaired) electrons. The van der Waals surface area contributed by atoms with Crippen molar-refractivity contribution in [2.75, 3.05) is 13.7 Å². The number of rotatable bonds is 5. The van der Waals surface area contributed by atoms with E-state index in [4.69, 9.17) is 10.3 Å². The minimum Gasteiger partial charge on any atom is -0.497 e. The topological polar surface area (TPSA) is 75.1 Å². The van der Waals surface area contributed by atoms with E-state index in [1.807, 2.05) is 12.1 Å². The summed E-state index contributed by atoms with van der Waals surface area (Å²) < 4.78 is 5.03. The molecule has 0 aromatic heterocycles. The largest absolute Gasteiger partial charge is 0.497 e. The van der Waals surface area contributed by atoms with Gasteiger partial charge in [0, 0.05) is 10.5 Å². The Bertz CT molecular complexity index is 471. The maximum Gasteiger partial charge on any atom is 0.155 e. The lowest BCUT2D eigenvalue weighted by atomic mass is 10.1. The van der Waals surface area contributed by atoms with Gasteiger partial charge in [-0.2, -0.15) is 0 Å². The first-order valence-corrected chi connectivity index (χ1v) is 5.03. The number of hydrogen-bond donors (Lipinski definition) is 0. The molecule has 0 unspecified atom stereocenters. The van der Waals surface area contributed by atoms with Crippen LogP contribution in [0, 0.1) is 0 Å². The van der Waals surface area contributed by atoms with Crippen molar-refractivity contribution in [2.45, 2.75) is 6.92 Å². The van der Waals surface area contributed by atoms with Crippen LogP contribution in [0.4, 0.5) is 0 Å². The van der Waals surface area contributed by atoms with Gasteiger partial charge >= 0.3 is 0 Å². The molecule has 0 bridgehead atoms. The molecule has 0 aliphatic rings. The molecule has 0 saturated heterocycles. The van der Waals surface area contributed by atoms with Gasteiger partial charge in [0.05, 0.1) is 13.7 Å². The highest BCUT2D eigenvalue weighted by atomic mass is 16.5. The first-order chi connectivity index (χ1) is 8.17. The van der Waals surface area contributed by atoms with Gasteiger partial charge in [0.2, 0.25) is 0 Å². The van der Waals surface area contributed by atoms with E-state index in [0.717, 1.165) is 11.3 Å². The Kier molecular flexibility index (Phi) is 4.78. The van der Waals surface area contributed by atoms with E-state index in [9.17, 15) is 4.79 Å². The van der Waals surface area contributed by atoms with Crippen LogP contribution >= 0.6 is 0 Å². The Labute approximate surface area is 99.3 Å². The smallest absolute Gasteiger partial charge is 0.155 e. The molecule has 5 heteroatoms. The van der Waals surface area contributed by atoms with Crippen LogP contribution in [0.1, 0.15) is 12.5 Å². The molecular weight excluding hydrogens is 218 g/mol. The molecule has 5 nitrogen and oxygen atoms in total. The van der Waals surface area contributed by atoms with Crippen molar-refractivity contribution < 1.29 is 9.53 Å². The number of methoxy groups -OCH3 is 1. The van der Waals surface area contributed by atoms with Crippen LogP contribution in [0.2, 0.25) is 0 Å². The van der Waals surface area contributed by atoms with Gasteiger partial charge in [0.25, 0.3) is 0 Å². The fourth-order valence-electron chi connectivity index (χ4n) is 1.27. The van der Waals surface area contributed by atoms with E-state index in [2.05, 4.69) is 10.0 Å². The number of ketones is 1.